The molecule has 85 valence electrons. The number of ether oxygens (including phenoxy) is 1. The average Bonchev–Trinajstić information content (AvgIpc) is 3.15. The van der Waals surface area contributed by atoms with Crippen LogP contribution in [-0.4, -0.2) is 0 Å². The highest BCUT2D eigenvalue weighted by Crippen LogP contribution is 2.33. The van der Waals surface area contributed by atoms with Gasteiger partial charge in [-0.2, -0.15) is 0 Å². The van der Waals surface area contributed by atoms with E-state index in [9.17, 15) is 0 Å². The molecule has 0 N–H and O–H groups in total. The molecule has 2 aromatic carbocycles. The van der Waals surface area contributed by atoms with Crippen molar-refractivity contribution in [1.29, 1.82) is 0 Å². The predicted molar refractivity (Wildman–Crippen MR) is 68.2 cm³/mol. The first kappa shape index (κ1) is 10.4. The molecule has 0 heterocycles. The Morgan fingerprint density at radius 3 is 2.65 bits per heavy atom. The third kappa shape index (κ3) is 2.88. The van der Waals surface area contributed by atoms with E-state index in [1.165, 1.54) is 18.4 Å². The number of benzene rings is 2. The van der Waals surface area contributed by atoms with Gasteiger partial charge in [-0.05, 0) is 61.1 Å². The molecule has 0 amide bonds. The van der Waals surface area contributed by atoms with Crippen molar-refractivity contribution in [2.24, 2.45) is 5.92 Å². The van der Waals surface area contributed by atoms with Crippen molar-refractivity contribution in [2.45, 2.75) is 19.3 Å². The van der Waals surface area contributed by atoms with Crippen molar-refractivity contribution in [3.63, 3.8) is 0 Å². The van der Waals surface area contributed by atoms with Crippen LogP contribution >= 0.6 is 0 Å². The van der Waals surface area contributed by atoms with Crippen LogP contribution in [0.4, 0.5) is 0 Å². The Morgan fingerprint density at radius 1 is 1.06 bits per heavy atom. The summed E-state index contributed by atoms with van der Waals surface area (Å²) in [6.45, 7) is 0. The Morgan fingerprint density at radius 2 is 1.88 bits per heavy atom. The molecule has 1 heteroatoms. The molecule has 1 fully saturated rings. The fourth-order valence-corrected chi connectivity index (χ4v) is 1.93. The van der Waals surface area contributed by atoms with Crippen molar-refractivity contribution in [3.05, 3.63) is 60.2 Å². The number of rotatable bonds is 4. The number of para-hydroxylation sites is 1. The van der Waals surface area contributed by atoms with Crippen molar-refractivity contribution in [1.82, 2.24) is 0 Å². The molecule has 0 unspecified atom stereocenters. The molecular formula is C16H15O. The van der Waals surface area contributed by atoms with Crippen LogP contribution in [0, 0.1) is 12.0 Å². The molecule has 1 saturated carbocycles. The Bertz CT molecular complexity index is 486. The van der Waals surface area contributed by atoms with Crippen LogP contribution < -0.4 is 4.74 Å². The second kappa shape index (κ2) is 4.62. The molecule has 0 aliphatic heterocycles. The molecule has 1 aliphatic rings. The SMILES string of the molecule is [c]1ccc(Oc2ccccc2)cc1CC1CC1. The molecule has 0 atom stereocenters. The van der Waals surface area contributed by atoms with E-state index >= 15 is 0 Å². The maximum Gasteiger partial charge on any atom is 0.127 e. The van der Waals surface area contributed by atoms with Gasteiger partial charge < -0.3 is 4.74 Å². The standard InChI is InChI=1S/C16H15O/c1-2-6-15(7-3-1)17-16-8-4-5-14(12-16)11-13-9-10-13/h1-4,6-8,12-13H,9-11H2. The molecule has 0 spiro atoms. The van der Waals surface area contributed by atoms with Crippen LogP contribution in [0.2, 0.25) is 0 Å². The minimum Gasteiger partial charge on any atom is -0.457 e. The van der Waals surface area contributed by atoms with Crippen LogP contribution in [0.3, 0.4) is 0 Å². The smallest absolute Gasteiger partial charge is 0.127 e. The van der Waals surface area contributed by atoms with E-state index in [0.29, 0.717) is 0 Å². The number of hydrogen-bond donors (Lipinski definition) is 0. The first-order valence-electron chi connectivity index (χ1n) is 6.14. The van der Waals surface area contributed by atoms with Crippen LogP contribution in [0.1, 0.15) is 18.4 Å². The van der Waals surface area contributed by atoms with Crippen LogP contribution in [-0.2, 0) is 6.42 Å². The van der Waals surface area contributed by atoms with Gasteiger partial charge in [0.05, 0.1) is 0 Å². The van der Waals surface area contributed by atoms with Gasteiger partial charge in [0.1, 0.15) is 11.5 Å². The summed E-state index contributed by atoms with van der Waals surface area (Å²) in [5, 5.41) is 0. The Hall–Kier alpha value is -1.76. The van der Waals surface area contributed by atoms with E-state index in [2.05, 4.69) is 12.1 Å². The zero-order valence-electron chi connectivity index (χ0n) is 9.73. The first-order chi connectivity index (χ1) is 8.40. The van der Waals surface area contributed by atoms with E-state index < -0.39 is 0 Å². The quantitative estimate of drug-likeness (QED) is 0.753. The summed E-state index contributed by atoms with van der Waals surface area (Å²) in [5.74, 6) is 2.68. The van der Waals surface area contributed by atoms with E-state index in [1.807, 2.05) is 42.5 Å². The zero-order chi connectivity index (χ0) is 11.5. The van der Waals surface area contributed by atoms with Gasteiger partial charge in [0.25, 0.3) is 0 Å². The van der Waals surface area contributed by atoms with Crippen molar-refractivity contribution in [3.8, 4) is 11.5 Å². The van der Waals surface area contributed by atoms with Crippen LogP contribution in [0.25, 0.3) is 0 Å². The van der Waals surface area contributed by atoms with Gasteiger partial charge in [0.15, 0.2) is 0 Å². The molecule has 2 aromatic rings. The maximum absolute atomic E-state index is 5.80. The number of hydrogen-bond acceptors (Lipinski definition) is 1. The van der Waals surface area contributed by atoms with E-state index in [0.717, 1.165) is 23.8 Å². The Kier molecular flexibility index (Phi) is 2.83. The first-order valence-corrected chi connectivity index (χ1v) is 6.14. The van der Waals surface area contributed by atoms with Gasteiger partial charge in [-0.1, -0.05) is 24.3 Å². The van der Waals surface area contributed by atoms with Gasteiger partial charge in [-0.25, -0.2) is 0 Å². The summed E-state index contributed by atoms with van der Waals surface area (Å²) < 4.78 is 5.80. The summed E-state index contributed by atoms with van der Waals surface area (Å²) in [6, 6.07) is 19.2. The van der Waals surface area contributed by atoms with Gasteiger partial charge in [0.2, 0.25) is 0 Å². The monoisotopic (exact) mass is 223 g/mol. The van der Waals surface area contributed by atoms with E-state index in [1.54, 1.807) is 0 Å². The molecule has 0 aromatic heterocycles. The highest BCUT2D eigenvalue weighted by Gasteiger charge is 2.21. The largest absolute Gasteiger partial charge is 0.457 e. The lowest BCUT2D eigenvalue weighted by molar-refractivity contribution is 0.481. The highest BCUT2D eigenvalue weighted by molar-refractivity contribution is 5.33. The van der Waals surface area contributed by atoms with E-state index in [4.69, 9.17) is 4.74 Å². The molecule has 3 rings (SSSR count). The third-order valence-corrected chi connectivity index (χ3v) is 3.02. The molecular weight excluding hydrogens is 208 g/mol. The topological polar surface area (TPSA) is 9.23 Å². The molecule has 0 bridgehead atoms. The van der Waals surface area contributed by atoms with Crippen molar-refractivity contribution >= 4 is 0 Å². The highest BCUT2D eigenvalue weighted by atomic mass is 16.5. The van der Waals surface area contributed by atoms with Gasteiger partial charge in [-0.15, -0.1) is 0 Å². The molecule has 1 nitrogen and oxygen atoms in total. The second-order valence-corrected chi connectivity index (χ2v) is 4.61. The minimum absolute atomic E-state index is 0.885. The Balaban J connectivity index is 1.73. The molecule has 1 aliphatic carbocycles. The fourth-order valence-electron chi connectivity index (χ4n) is 1.93. The lowest BCUT2D eigenvalue weighted by Gasteiger charge is -2.06. The van der Waals surface area contributed by atoms with Crippen molar-refractivity contribution in [2.75, 3.05) is 0 Å². The van der Waals surface area contributed by atoms with Crippen LogP contribution in [0.15, 0.2) is 48.5 Å². The predicted octanol–water partition coefficient (Wildman–Crippen LogP) is 4.23. The second-order valence-electron chi connectivity index (χ2n) is 4.61. The molecule has 1 radical (unpaired) electrons. The summed E-state index contributed by atoms with van der Waals surface area (Å²) in [4.78, 5) is 0. The lowest BCUT2D eigenvalue weighted by Crippen LogP contribution is -1.89. The molecule has 0 saturated heterocycles. The fraction of sp³-hybridized carbons (Fsp3) is 0.250. The summed E-state index contributed by atoms with van der Waals surface area (Å²) in [5.41, 5.74) is 1.26. The van der Waals surface area contributed by atoms with Gasteiger partial charge >= 0.3 is 0 Å². The van der Waals surface area contributed by atoms with Gasteiger partial charge in [-0.3, -0.25) is 0 Å². The van der Waals surface area contributed by atoms with Gasteiger partial charge in [0, 0.05) is 0 Å². The summed E-state index contributed by atoms with van der Waals surface area (Å²) >= 11 is 0. The zero-order valence-corrected chi connectivity index (χ0v) is 9.73. The lowest BCUT2D eigenvalue weighted by atomic mass is 10.1. The average molecular weight is 223 g/mol. The van der Waals surface area contributed by atoms with E-state index in [-0.39, 0.29) is 0 Å². The van der Waals surface area contributed by atoms with Crippen LogP contribution in [0.5, 0.6) is 11.5 Å². The summed E-state index contributed by atoms with van der Waals surface area (Å²) in [7, 11) is 0. The Labute approximate surface area is 102 Å². The molecule has 17 heavy (non-hydrogen) atoms. The maximum atomic E-state index is 5.80. The van der Waals surface area contributed by atoms with Crippen molar-refractivity contribution < 1.29 is 4.74 Å². The normalized spacial score (nSPS) is 14.6. The summed E-state index contributed by atoms with van der Waals surface area (Å²) in [6.07, 6.45) is 3.89. The minimum atomic E-state index is 0.885. The third-order valence-electron chi connectivity index (χ3n) is 3.02.